The average Bonchev–Trinajstić information content (AvgIpc) is 2.37. The van der Waals surface area contributed by atoms with Crippen molar-refractivity contribution in [3.05, 3.63) is 0 Å². The van der Waals surface area contributed by atoms with Crippen LogP contribution in [0.1, 0.15) is 6.42 Å². The Morgan fingerprint density at radius 1 is 1.21 bits per heavy atom. The number of ether oxygens (including phenoxy) is 1. The quantitative estimate of drug-likeness (QED) is 0.435. The highest BCUT2D eigenvalue weighted by molar-refractivity contribution is 7.90. The zero-order chi connectivity index (χ0) is 14.4. The summed E-state index contributed by atoms with van der Waals surface area (Å²) in [6.45, 7) is 1.21. The number of halogens is 1. The Hall–Kier alpha value is 0.0300. The van der Waals surface area contributed by atoms with Gasteiger partial charge in [0, 0.05) is 19.0 Å². The Balaban J connectivity index is 2.39. The van der Waals surface area contributed by atoms with Crippen LogP contribution in [0.25, 0.3) is 0 Å². The highest BCUT2D eigenvalue weighted by Crippen LogP contribution is 2.04. The summed E-state index contributed by atoms with van der Waals surface area (Å²) in [5.74, 6) is -0.547. The Bertz CT molecular complexity index is 461. The number of hydrogen-bond donors (Lipinski definition) is 1. The molecule has 0 aromatic rings. The predicted octanol–water partition coefficient (Wildman–Crippen LogP) is -1.33. The first-order chi connectivity index (χ1) is 8.87. The lowest BCUT2D eigenvalue weighted by molar-refractivity contribution is 0.0729. The van der Waals surface area contributed by atoms with Gasteiger partial charge < -0.3 is 4.74 Å². The first-order valence-electron chi connectivity index (χ1n) is 5.66. The van der Waals surface area contributed by atoms with Gasteiger partial charge in [-0.1, -0.05) is 0 Å². The molecule has 0 atom stereocenters. The van der Waals surface area contributed by atoms with Gasteiger partial charge in [-0.3, -0.25) is 0 Å². The summed E-state index contributed by atoms with van der Waals surface area (Å²) in [5.41, 5.74) is 2.10. The van der Waals surface area contributed by atoms with Crippen molar-refractivity contribution in [2.24, 2.45) is 0 Å². The van der Waals surface area contributed by atoms with Crippen LogP contribution in [0, 0.1) is 0 Å². The molecule has 1 aliphatic rings. The molecule has 11 heteroatoms. The van der Waals surface area contributed by atoms with Crippen LogP contribution in [0.4, 0.5) is 0 Å². The maximum absolute atomic E-state index is 11.8. The van der Waals surface area contributed by atoms with Gasteiger partial charge >= 0.3 is 0 Å². The number of hydrogen-bond acceptors (Lipinski definition) is 6. The van der Waals surface area contributed by atoms with Crippen LogP contribution < -0.4 is 10.3 Å². The second kappa shape index (κ2) is 7.72. The van der Waals surface area contributed by atoms with Gasteiger partial charge in [0.15, 0.2) is 0 Å². The van der Waals surface area contributed by atoms with Crippen molar-refractivity contribution in [2.45, 2.75) is 6.42 Å². The van der Waals surface area contributed by atoms with Gasteiger partial charge in [-0.25, -0.2) is 22.3 Å². The van der Waals surface area contributed by atoms with Crippen LogP contribution in [0.5, 0.6) is 0 Å². The number of nitrogens with zero attached hydrogens (tertiary/aromatic N) is 2. The predicted molar refractivity (Wildman–Crippen MR) is 70.6 cm³/mol. The second-order valence-corrected chi connectivity index (χ2v) is 7.95. The normalized spacial score (nSPS) is 18.6. The van der Waals surface area contributed by atoms with E-state index in [0.29, 0.717) is 13.2 Å². The molecule has 113 valence electrons. The molecule has 0 unspecified atom stereocenters. The minimum absolute atomic E-state index is 0.207. The molecule has 1 radical (unpaired) electrons. The van der Waals surface area contributed by atoms with Gasteiger partial charge in [0.25, 0.3) is 0 Å². The molecule has 8 nitrogen and oxygen atoms in total. The highest BCUT2D eigenvalue weighted by atomic mass is 35.5. The van der Waals surface area contributed by atoms with E-state index in [1.165, 1.54) is 4.31 Å². The molecule has 0 aliphatic carbocycles. The molecule has 0 aromatic carbocycles. The van der Waals surface area contributed by atoms with Crippen LogP contribution in [0.15, 0.2) is 0 Å². The summed E-state index contributed by atoms with van der Waals surface area (Å²) < 4.78 is 52.6. The summed E-state index contributed by atoms with van der Waals surface area (Å²) in [4.78, 5) is 3.20. The molecule has 19 heavy (non-hydrogen) atoms. The molecule has 1 aliphatic heterocycles. The van der Waals surface area contributed by atoms with Gasteiger partial charge in [0.05, 0.1) is 19.0 Å². The van der Waals surface area contributed by atoms with E-state index in [9.17, 15) is 16.8 Å². The van der Waals surface area contributed by atoms with Gasteiger partial charge in [-0.2, -0.15) is 4.31 Å². The monoisotopic (exact) mass is 334 g/mol. The zero-order valence-corrected chi connectivity index (χ0v) is 12.7. The molecule has 0 bridgehead atoms. The minimum Gasteiger partial charge on any atom is -0.379 e. The van der Waals surface area contributed by atoms with E-state index in [2.05, 4.69) is 10.3 Å². The Kier molecular flexibility index (Phi) is 6.94. The fourth-order valence-electron chi connectivity index (χ4n) is 1.40. The minimum atomic E-state index is -3.68. The number of alkyl halides is 1. The lowest BCUT2D eigenvalue weighted by Crippen LogP contribution is -2.46. The Labute approximate surface area is 118 Å². The third kappa shape index (κ3) is 6.34. The van der Waals surface area contributed by atoms with Crippen LogP contribution >= 0.6 is 11.6 Å². The summed E-state index contributed by atoms with van der Waals surface area (Å²) in [6.07, 6.45) is 0.269. The Morgan fingerprint density at radius 3 is 2.42 bits per heavy atom. The molecular formula is C8H17ClN3O5S2. The van der Waals surface area contributed by atoms with Crippen LogP contribution in [0.3, 0.4) is 0 Å². The molecule has 1 fully saturated rings. The molecule has 0 aromatic heterocycles. The third-order valence-corrected chi connectivity index (χ3v) is 5.47. The first-order valence-corrected chi connectivity index (χ1v) is 9.42. The highest BCUT2D eigenvalue weighted by Gasteiger charge is 2.24. The van der Waals surface area contributed by atoms with Crippen LogP contribution in [-0.2, 0) is 24.8 Å². The lowest BCUT2D eigenvalue weighted by atomic mass is 10.5. The van der Waals surface area contributed by atoms with Crippen molar-refractivity contribution in [1.29, 1.82) is 0 Å². The van der Waals surface area contributed by atoms with E-state index in [4.69, 9.17) is 16.3 Å². The molecule has 0 amide bonds. The average molecular weight is 335 g/mol. The SMILES string of the molecule is O=S(=O)(CCCCl)[N]NCS(=O)(=O)N1CCOCC1. The van der Waals surface area contributed by atoms with E-state index in [0.717, 1.165) is 0 Å². The number of nitrogens with one attached hydrogen (secondary N) is 1. The first kappa shape index (κ1) is 17.1. The van der Waals surface area contributed by atoms with E-state index >= 15 is 0 Å². The van der Waals surface area contributed by atoms with Crippen LogP contribution in [0.2, 0.25) is 0 Å². The molecule has 1 rings (SSSR count). The summed E-state index contributed by atoms with van der Waals surface area (Å²) in [6, 6.07) is 0. The topological polar surface area (TPSA) is 107 Å². The molecule has 1 saturated heterocycles. The number of morpholine rings is 1. The lowest BCUT2D eigenvalue weighted by Gasteiger charge is -2.25. The van der Waals surface area contributed by atoms with Crippen molar-refractivity contribution in [3.63, 3.8) is 0 Å². The largest absolute Gasteiger partial charge is 0.379 e. The standard InChI is InChI=1S/C8H17ClN3O5S2/c9-2-1-7-18(13,14)11-10-8-19(15,16)12-3-5-17-6-4-12/h10H,1-8H2. The molecule has 0 spiro atoms. The molecule has 1 N–H and O–H groups in total. The van der Waals surface area contributed by atoms with Crippen molar-refractivity contribution >= 4 is 31.6 Å². The van der Waals surface area contributed by atoms with Gasteiger partial charge in [0.1, 0.15) is 5.88 Å². The van der Waals surface area contributed by atoms with E-state index in [1.807, 2.05) is 0 Å². The third-order valence-electron chi connectivity index (χ3n) is 2.35. The van der Waals surface area contributed by atoms with Gasteiger partial charge in [0.2, 0.25) is 20.0 Å². The van der Waals surface area contributed by atoms with Gasteiger partial charge in [-0.15, -0.1) is 11.6 Å². The van der Waals surface area contributed by atoms with Crippen molar-refractivity contribution in [3.8, 4) is 0 Å². The van der Waals surface area contributed by atoms with Crippen LogP contribution in [-0.4, -0.2) is 65.0 Å². The van der Waals surface area contributed by atoms with Crippen molar-refractivity contribution in [1.82, 2.24) is 14.6 Å². The van der Waals surface area contributed by atoms with Crippen molar-refractivity contribution < 1.29 is 21.6 Å². The maximum Gasteiger partial charge on any atom is 0.242 e. The van der Waals surface area contributed by atoms with E-state index in [1.54, 1.807) is 0 Å². The number of rotatable bonds is 8. The zero-order valence-electron chi connectivity index (χ0n) is 10.3. The summed E-state index contributed by atoms with van der Waals surface area (Å²) in [5, 5.41) is 0. The Morgan fingerprint density at radius 2 is 1.84 bits per heavy atom. The van der Waals surface area contributed by atoms with E-state index in [-0.39, 0.29) is 31.1 Å². The number of sulfonamides is 2. The second-order valence-electron chi connectivity index (χ2n) is 3.85. The smallest absolute Gasteiger partial charge is 0.242 e. The molecule has 0 saturated carbocycles. The maximum atomic E-state index is 11.8. The molecular weight excluding hydrogens is 318 g/mol. The fourth-order valence-corrected chi connectivity index (χ4v) is 3.76. The van der Waals surface area contributed by atoms with Crippen molar-refractivity contribution in [2.75, 3.05) is 43.8 Å². The van der Waals surface area contributed by atoms with Gasteiger partial charge in [-0.05, 0) is 11.3 Å². The summed E-state index contributed by atoms with van der Waals surface area (Å²) in [7, 11) is -7.24. The molecule has 1 heterocycles. The fraction of sp³-hybridized carbons (Fsp3) is 1.00. The summed E-state index contributed by atoms with van der Waals surface area (Å²) >= 11 is 5.37. The van der Waals surface area contributed by atoms with E-state index < -0.39 is 25.9 Å².